The molecule has 0 unspecified atom stereocenters. The number of aliphatic hydroxyl groups is 1. The molecule has 1 amide bonds. The highest BCUT2D eigenvalue weighted by Gasteiger charge is 2.36. The van der Waals surface area contributed by atoms with E-state index in [-0.39, 0.29) is 18.0 Å². The topological polar surface area (TPSA) is 65.5 Å². The number of aryl methyl sites for hydroxylation is 1. The van der Waals surface area contributed by atoms with Gasteiger partial charge in [0.25, 0.3) is 0 Å². The molecule has 1 saturated carbocycles. The summed E-state index contributed by atoms with van der Waals surface area (Å²) in [6.07, 6.45) is 8.14. The van der Waals surface area contributed by atoms with Crippen molar-refractivity contribution in [2.75, 3.05) is 13.1 Å². The molecule has 0 radical (unpaired) electrons. The van der Waals surface area contributed by atoms with Gasteiger partial charge in [-0.15, -0.1) is 11.3 Å². The second-order valence-corrected chi connectivity index (χ2v) is 7.53. The van der Waals surface area contributed by atoms with Crippen molar-refractivity contribution in [3.05, 3.63) is 22.2 Å². The largest absolute Gasteiger partial charge is 0.389 e. The van der Waals surface area contributed by atoms with Gasteiger partial charge in [0, 0.05) is 17.5 Å². The molecule has 126 valence electrons. The van der Waals surface area contributed by atoms with Gasteiger partial charge < -0.3 is 10.4 Å². The predicted octanol–water partition coefficient (Wildman–Crippen LogP) is 1.96. The van der Waals surface area contributed by atoms with Crippen molar-refractivity contribution in [1.82, 2.24) is 15.2 Å². The van der Waals surface area contributed by atoms with E-state index < -0.39 is 6.10 Å². The molecule has 1 aromatic heterocycles. The highest BCUT2D eigenvalue weighted by molar-refractivity contribution is 7.09. The van der Waals surface area contributed by atoms with Crippen LogP contribution in [0.2, 0.25) is 0 Å². The number of amides is 1. The maximum absolute atomic E-state index is 12.1. The second-order valence-electron chi connectivity index (χ2n) is 6.47. The SMILES string of the molecule is Cc1nc(/C=C/C(=O)N[C@@H]2CCC[C@@H](N3CCCC3)[C@@H]2O)cs1. The summed E-state index contributed by atoms with van der Waals surface area (Å²) in [4.78, 5) is 18.8. The fourth-order valence-corrected chi connectivity index (χ4v) is 4.22. The molecular formula is C17H25N3O2S. The number of carbonyl (C=O) groups is 1. The Morgan fingerprint density at radius 2 is 2.17 bits per heavy atom. The van der Waals surface area contributed by atoms with Crippen molar-refractivity contribution in [1.29, 1.82) is 0 Å². The van der Waals surface area contributed by atoms with Crippen LogP contribution < -0.4 is 5.32 Å². The lowest BCUT2D eigenvalue weighted by atomic mass is 9.87. The van der Waals surface area contributed by atoms with Gasteiger partial charge in [-0.2, -0.15) is 0 Å². The van der Waals surface area contributed by atoms with Crippen molar-refractivity contribution in [3.63, 3.8) is 0 Å². The van der Waals surface area contributed by atoms with Crippen molar-refractivity contribution >= 4 is 23.3 Å². The molecule has 2 heterocycles. The van der Waals surface area contributed by atoms with Crippen LogP contribution in [0.25, 0.3) is 6.08 Å². The average molecular weight is 335 g/mol. The number of thiazole rings is 1. The molecule has 2 N–H and O–H groups in total. The number of rotatable bonds is 4. The van der Waals surface area contributed by atoms with Crippen LogP contribution >= 0.6 is 11.3 Å². The quantitative estimate of drug-likeness (QED) is 0.826. The summed E-state index contributed by atoms with van der Waals surface area (Å²) in [7, 11) is 0. The molecule has 2 fully saturated rings. The highest BCUT2D eigenvalue weighted by Crippen LogP contribution is 2.26. The summed E-state index contributed by atoms with van der Waals surface area (Å²) in [6.45, 7) is 4.09. The maximum Gasteiger partial charge on any atom is 0.244 e. The lowest BCUT2D eigenvalue weighted by Gasteiger charge is -2.39. The summed E-state index contributed by atoms with van der Waals surface area (Å²) in [6, 6.07) is 0.0467. The maximum atomic E-state index is 12.1. The predicted molar refractivity (Wildman–Crippen MR) is 92.3 cm³/mol. The smallest absolute Gasteiger partial charge is 0.244 e. The van der Waals surface area contributed by atoms with Gasteiger partial charge in [0.15, 0.2) is 0 Å². The molecule has 23 heavy (non-hydrogen) atoms. The first-order chi connectivity index (χ1) is 11.1. The Balaban J connectivity index is 1.55. The number of likely N-dealkylation sites (tertiary alicyclic amines) is 1. The monoisotopic (exact) mass is 335 g/mol. The fourth-order valence-electron chi connectivity index (χ4n) is 3.63. The van der Waals surface area contributed by atoms with Crippen LogP contribution in [0.15, 0.2) is 11.5 Å². The molecular weight excluding hydrogens is 310 g/mol. The van der Waals surface area contributed by atoms with E-state index in [9.17, 15) is 9.90 Å². The Bertz CT molecular complexity index is 566. The van der Waals surface area contributed by atoms with Crippen LogP contribution in [0.4, 0.5) is 0 Å². The highest BCUT2D eigenvalue weighted by atomic mass is 32.1. The van der Waals surface area contributed by atoms with Gasteiger partial charge in [0.2, 0.25) is 5.91 Å². The third-order valence-corrected chi connectivity index (χ3v) is 5.59. The normalized spacial score (nSPS) is 29.2. The van der Waals surface area contributed by atoms with Gasteiger partial charge in [-0.25, -0.2) is 4.98 Å². The van der Waals surface area contributed by atoms with E-state index in [0.29, 0.717) is 0 Å². The Kier molecular flexibility index (Phi) is 5.46. The van der Waals surface area contributed by atoms with Crippen molar-refractivity contribution < 1.29 is 9.90 Å². The number of carbonyl (C=O) groups excluding carboxylic acids is 1. The summed E-state index contributed by atoms with van der Waals surface area (Å²) >= 11 is 1.57. The minimum absolute atomic E-state index is 0.149. The first-order valence-corrected chi connectivity index (χ1v) is 9.34. The standard InChI is InChI=1S/C17H25N3O2S/c1-12-18-13(11-23-12)7-8-16(21)19-14-5-4-6-15(17(14)22)20-9-2-3-10-20/h7-8,11,14-15,17,22H,2-6,9-10H2,1H3,(H,19,21)/b8-7+/t14-,15-,17-/m1/s1. The zero-order valence-electron chi connectivity index (χ0n) is 13.6. The van der Waals surface area contributed by atoms with Gasteiger partial charge in [-0.3, -0.25) is 9.69 Å². The van der Waals surface area contributed by atoms with Gasteiger partial charge in [-0.05, 0) is 58.2 Å². The van der Waals surface area contributed by atoms with E-state index in [1.54, 1.807) is 17.4 Å². The number of hydrogen-bond donors (Lipinski definition) is 2. The van der Waals surface area contributed by atoms with Crippen LogP contribution in [0.3, 0.4) is 0 Å². The van der Waals surface area contributed by atoms with Gasteiger partial charge in [-0.1, -0.05) is 0 Å². The summed E-state index contributed by atoms with van der Waals surface area (Å²) in [5.74, 6) is -0.151. The first-order valence-electron chi connectivity index (χ1n) is 8.46. The number of aromatic nitrogens is 1. The Hall–Kier alpha value is -1.24. The van der Waals surface area contributed by atoms with E-state index in [1.165, 1.54) is 18.9 Å². The molecule has 0 aromatic carbocycles. The van der Waals surface area contributed by atoms with Crippen molar-refractivity contribution in [2.45, 2.75) is 57.2 Å². The van der Waals surface area contributed by atoms with Crippen LogP contribution in [-0.4, -0.2) is 52.2 Å². The second kappa shape index (κ2) is 7.55. The lowest BCUT2D eigenvalue weighted by molar-refractivity contribution is -0.119. The molecule has 0 bridgehead atoms. The summed E-state index contributed by atoms with van der Waals surface area (Å²) < 4.78 is 0. The average Bonchev–Trinajstić information content (AvgIpc) is 3.19. The van der Waals surface area contributed by atoms with E-state index in [1.807, 2.05) is 12.3 Å². The molecule has 0 spiro atoms. The third kappa shape index (κ3) is 4.19. The minimum atomic E-state index is -0.472. The Morgan fingerprint density at radius 1 is 1.39 bits per heavy atom. The van der Waals surface area contributed by atoms with Crippen LogP contribution in [-0.2, 0) is 4.79 Å². The molecule has 1 aliphatic heterocycles. The Labute approximate surface area is 141 Å². The molecule has 3 atom stereocenters. The third-order valence-electron chi connectivity index (χ3n) is 4.80. The number of nitrogens with zero attached hydrogens (tertiary/aromatic N) is 2. The van der Waals surface area contributed by atoms with E-state index in [0.717, 1.165) is 43.1 Å². The van der Waals surface area contributed by atoms with Gasteiger partial charge in [0.1, 0.15) is 0 Å². The summed E-state index contributed by atoms with van der Waals surface area (Å²) in [5.41, 5.74) is 0.807. The van der Waals surface area contributed by atoms with Crippen LogP contribution in [0, 0.1) is 6.92 Å². The summed E-state index contributed by atoms with van der Waals surface area (Å²) in [5, 5.41) is 16.5. The molecule has 2 aliphatic rings. The Morgan fingerprint density at radius 3 is 2.87 bits per heavy atom. The first kappa shape index (κ1) is 16.6. The zero-order chi connectivity index (χ0) is 16.2. The van der Waals surface area contributed by atoms with Crippen molar-refractivity contribution in [3.8, 4) is 0 Å². The minimum Gasteiger partial charge on any atom is -0.389 e. The lowest BCUT2D eigenvalue weighted by Crippen LogP contribution is -2.55. The molecule has 1 aliphatic carbocycles. The molecule has 5 nitrogen and oxygen atoms in total. The molecule has 1 saturated heterocycles. The van der Waals surface area contributed by atoms with E-state index >= 15 is 0 Å². The number of hydrogen-bond acceptors (Lipinski definition) is 5. The fraction of sp³-hybridized carbons (Fsp3) is 0.647. The molecule has 3 rings (SSSR count). The van der Waals surface area contributed by atoms with Crippen LogP contribution in [0.1, 0.15) is 42.8 Å². The zero-order valence-corrected chi connectivity index (χ0v) is 14.4. The van der Waals surface area contributed by atoms with Gasteiger partial charge in [0.05, 0.1) is 22.8 Å². The number of aliphatic hydroxyl groups excluding tert-OH is 1. The van der Waals surface area contributed by atoms with Gasteiger partial charge >= 0.3 is 0 Å². The van der Waals surface area contributed by atoms with E-state index in [4.69, 9.17) is 0 Å². The molecule has 1 aromatic rings. The number of nitrogens with one attached hydrogen (secondary N) is 1. The molecule has 6 heteroatoms. The van der Waals surface area contributed by atoms with Crippen LogP contribution in [0.5, 0.6) is 0 Å². The van der Waals surface area contributed by atoms with Crippen molar-refractivity contribution in [2.24, 2.45) is 0 Å². The van der Waals surface area contributed by atoms with E-state index in [2.05, 4.69) is 15.2 Å².